The normalized spacial score (nSPS) is 11.2. The molecule has 0 fully saturated rings. The molecule has 0 unspecified atom stereocenters. The van der Waals surface area contributed by atoms with Gasteiger partial charge in [-0.3, -0.25) is 9.59 Å². The predicted octanol–water partition coefficient (Wildman–Crippen LogP) is 1.32. The third-order valence-corrected chi connectivity index (χ3v) is 4.49. The van der Waals surface area contributed by atoms with Crippen molar-refractivity contribution in [2.75, 3.05) is 11.9 Å². The van der Waals surface area contributed by atoms with E-state index in [1.807, 2.05) is 6.92 Å². The number of amides is 1. The lowest BCUT2D eigenvalue weighted by Gasteiger charge is -2.08. The molecule has 1 amide bonds. The van der Waals surface area contributed by atoms with Gasteiger partial charge in [0.25, 0.3) is 5.91 Å². The topological polar surface area (TPSA) is 108 Å². The number of nitrogens with one attached hydrogen (secondary N) is 3. The van der Waals surface area contributed by atoms with E-state index in [9.17, 15) is 18.0 Å². The van der Waals surface area contributed by atoms with Gasteiger partial charge in [0.15, 0.2) is 0 Å². The molecule has 0 saturated carbocycles. The lowest BCUT2D eigenvalue weighted by molar-refractivity contribution is 0.102. The summed E-state index contributed by atoms with van der Waals surface area (Å²) in [6.45, 7) is 2.24. The molecule has 2 rings (SSSR count). The second-order valence-electron chi connectivity index (χ2n) is 4.82. The smallest absolute Gasteiger partial charge is 0.257 e. The maximum absolute atomic E-state index is 12.0. The summed E-state index contributed by atoms with van der Waals surface area (Å²) in [5.41, 5.74) is 0.456. The molecular weight excluding hydrogens is 318 g/mol. The zero-order valence-electron chi connectivity index (χ0n) is 12.5. The largest absolute Gasteiger partial charge is 0.328 e. The molecule has 0 aliphatic carbocycles. The summed E-state index contributed by atoms with van der Waals surface area (Å²) in [6.07, 6.45) is 2.01. The first kappa shape index (κ1) is 16.9. The molecule has 0 saturated heterocycles. The van der Waals surface area contributed by atoms with Crippen LogP contribution in [0.25, 0.3) is 0 Å². The fraction of sp³-hybridized carbons (Fsp3) is 0.200. The number of hydrogen-bond acceptors (Lipinski definition) is 4. The first-order valence-corrected chi connectivity index (χ1v) is 8.50. The second kappa shape index (κ2) is 7.21. The maximum Gasteiger partial charge on any atom is 0.257 e. The molecule has 2 aromatic rings. The molecule has 8 heteroatoms. The Bertz CT molecular complexity index is 821. The lowest BCUT2D eigenvalue weighted by atomic mass is 10.2. The van der Waals surface area contributed by atoms with Crippen molar-refractivity contribution in [1.82, 2.24) is 9.71 Å². The Hall–Kier alpha value is -2.45. The summed E-state index contributed by atoms with van der Waals surface area (Å²) in [5, 5.41) is 2.62. The lowest BCUT2D eigenvalue weighted by Crippen LogP contribution is -2.24. The summed E-state index contributed by atoms with van der Waals surface area (Å²) in [6, 6.07) is 8.50. The van der Waals surface area contributed by atoms with Crippen LogP contribution in [0, 0.1) is 0 Å². The van der Waals surface area contributed by atoms with Crippen LogP contribution in [-0.4, -0.2) is 25.9 Å². The summed E-state index contributed by atoms with van der Waals surface area (Å²) in [5.74, 6) is -0.402. The quantitative estimate of drug-likeness (QED) is 0.739. The number of sulfonamides is 1. The van der Waals surface area contributed by atoms with Crippen molar-refractivity contribution in [1.29, 1.82) is 0 Å². The van der Waals surface area contributed by atoms with Gasteiger partial charge in [0.05, 0.1) is 10.5 Å². The van der Waals surface area contributed by atoms with Gasteiger partial charge in [0.2, 0.25) is 15.6 Å². The molecule has 1 aromatic heterocycles. The SMILES string of the molecule is CCCNS(=O)(=O)c1ccc(NC(=O)c2ccc(=O)[nH]c2)cc1. The Balaban J connectivity index is 2.09. The van der Waals surface area contributed by atoms with Gasteiger partial charge in [0, 0.05) is 24.5 Å². The summed E-state index contributed by atoms with van der Waals surface area (Å²) >= 11 is 0. The number of pyridine rings is 1. The highest BCUT2D eigenvalue weighted by molar-refractivity contribution is 7.89. The molecule has 23 heavy (non-hydrogen) atoms. The van der Waals surface area contributed by atoms with Crippen LogP contribution < -0.4 is 15.6 Å². The second-order valence-corrected chi connectivity index (χ2v) is 6.58. The van der Waals surface area contributed by atoms with Gasteiger partial charge in [-0.2, -0.15) is 0 Å². The third kappa shape index (κ3) is 4.51. The number of H-pyrrole nitrogens is 1. The van der Waals surface area contributed by atoms with Crippen molar-refractivity contribution < 1.29 is 13.2 Å². The number of rotatable bonds is 6. The highest BCUT2D eigenvalue weighted by Gasteiger charge is 2.13. The van der Waals surface area contributed by atoms with Crippen LogP contribution in [0.2, 0.25) is 0 Å². The van der Waals surface area contributed by atoms with E-state index < -0.39 is 15.9 Å². The van der Waals surface area contributed by atoms with Crippen LogP contribution in [0.3, 0.4) is 0 Å². The third-order valence-electron chi connectivity index (χ3n) is 3.01. The molecule has 0 bridgehead atoms. The standard InChI is InChI=1S/C15H17N3O4S/c1-2-9-17-23(21,22)13-6-4-12(5-7-13)18-15(20)11-3-8-14(19)16-10-11/h3-8,10,17H,2,9H2,1H3,(H,16,19)(H,18,20). The number of hydrogen-bond donors (Lipinski definition) is 3. The zero-order valence-corrected chi connectivity index (χ0v) is 13.3. The predicted molar refractivity (Wildman–Crippen MR) is 86.9 cm³/mol. The molecule has 0 aliphatic heterocycles. The first-order chi connectivity index (χ1) is 10.9. The van der Waals surface area contributed by atoms with Crippen molar-refractivity contribution in [2.45, 2.75) is 18.2 Å². The van der Waals surface area contributed by atoms with Crippen molar-refractivity contribution in [3.05, 3.63) is 58.5 Å². The summed E-state index contributed by atoms with van der Waals surface area (Å²) < 4.78 is 26.4. The van der Waals surface area contributed by atoms with Gasteiger partial charge >= 0.3 is 0 Å². The van der Waals surface area contributed by atoms with E-state index >= 15 is 0 Å². The van der Waals surface area contributed by atoms with Crippen LogP contribution in [0.5, 0.6) is 0 Å². The Labute approximate surface area is 133 Å². The molecule has 1 aromatic carbocycles. The van der Waals surface area contributed by atoms with Gasteiger partial charge < -0.3 is 10.3 Å². The Kier molecular flexibility index (Phi) is 5.30. The Morgan fingerprint density at radius 3 is 2.39 bits per heavy atom. The van der Waals surface area contributed by atoms with Gasteiger partial charge in [-0.25, -0.2) is 13.1 Å². The highest BCUT2D eigenvalue weighted by atomic mass is 32.2. The molecule has 1 heterocycles. The van der Waals surface area contributed by atoms with Crippen LogP contribution in [0.15, 0.2) is 52.3 Å². The van der Waals surface area contributed by atoms with E-state index in [-0.39, 0.29) is 10.5 Å². The van der Waals surface area contributed by atoms with Crippen molar-refractivity contribution >= 4 is 21.6 Å². The Morgan fingerprint density at radius 1 is 1.13 bits per heavy atom. The van der Waals surface area contributed by atoms with Gasteiger partial charge in [-0.05, 0) is 36.8 Å². The van der Waals surface area contributed by atoms with E-state index in [2.05, 4.69) is 15.0 Å². The molecule has 3 N–H and O–H groups in total. The number of anilines is 1. The number of aromatic nitrogens is 1. The van der Waals surface area contributed by atoms with E-state index in [4.69, 9.17) is 0 Å². The number of carbonyl (C=O) groups excluding carboxylic acids is 1. The molecule has 0 radical (unpaired) electrons. The minimum atomic E-state index is -3.53. The van der Waals surface area contributed by atoms with E-state index in [1.54, 1.807) is 0 Å². The van der Waals surface area contributed by atoms with Gasteiger partial charge in [0.1, 0.15) is 0 Å². The van der Waals surface area contributed by atoms with Crippen LogP contribution in [-0.2, 0) is 10.0 Å². The molecule has 122 valence electrons. The molecular formula is C15H17N3O4S. The monoisotopic (exact) mass is 335 g/mol. The summed E-state index contributed by atoms with van der Waals surface area (Å²) in [7, 11) is -3.53. The fourth-order valence-corrected chi connectivity index (χ4v) is 2.93. The maximum atomic E-state index is 12.0. The van der Waals surface area contributed by atoms with E-state index in [0.717, 1.165) is 0 Å². The number of carbonyl (C=O) groups is 1. The number of benzene rings is 1. The zero-order chi connectivity index (χ0) is 16.9. The van der Waals surface area contributed by atoms with Crippen LogP contribution in [0.4, 0.5) is 5.69 Å². The fourth-order valence-electron chi connectivity index (χ4n) is 1.79. The highest BCUT2D eigenvalue weighted by Crippen LogP contribution is 2.14. The van der Waals surface area contributed by atoms with Crippen molar-refractivity contribution in [3.8, 4) is 0 Å². The number of aromatic amines is 1. The van der Waals surface area contributed by atoms with E-state index in [0.29, 0.717) is 24.2 Å². The van der Waals surface area contributed by atoms with Gasteiger partial charge in [-0.15, -0.1) is 0 Å². The van der Waals surface area contributed by atoms with Crippen LogP contribution in [0.1, 0.15) is 23.7 Å². The minimum Gasteiger partial charge on any atom is -0.328 e. The average Bonchev–Trinajstić information content (AvgIpc) is 2.54. The molecule has 7 nitrogen and oxygen atoms in total. The van der Waals surface area contributed by atoms with Gasteiger partial charge in [-0.1, -0.05) is 6.92 Å². The van der Waals surface area contributed by atoms with Crippen molar-refractivity contribution in [2.24, 2.45) is 0 Å². The average molecular weight is 335 g/mol. The Morgan fingerprint density at radius 2 is 1.83 bits per heavy atom. The van der Waals surface area contributed by atoms with Crippen molar-refractivity contribution in [3.63, 3.8) is 0 Å². The minimum absolute atomic E-state index is 0.132. The molecule has 0 spiro atoms. The molecule has 0 aliphatic rings. The van der Waals surface area contributed by atoms with E-state index in [1.165, 1.54) is 42.6 Å². The summed E-state index contributed by atoms with van der Waals surface area (Å²) in [4.78, 5) is 25.5. The molecule has 0 atom stereocenters. The first-order valence-electron chi connectivity index (χ1n) is 7.02. The van der Waals surface area contributed by atoms with Crippen LogP contribution >= 0.6 is 0 Å².